The van der Waals surface area contributed by atoms with Crippen molar-refractivity contribution in [1.82, 2.24) is 15.2 Å². The van der Waals surface area contributed by atoms with Gasteiger partial charge in [0.2, 0.25) is 0 Å². The van der Waals surface area contributed by atoms with E-state index >= 15 is 0 Å². The van der Waals surface area contributed by atoms with Crippen LogP contribution in [-0.2, 0) is 0 Å². The standard InChI is InChI=1S/C12H21N3/c1-10(12-4-3-7-14-12)15-8-5-11(13-2)6-9-15/h3-4,7,10-11,13-14H,5-6,8-9H2,1-2H3. The van der Waals surface area contributed by atoms with Gasteiger partial charge in [-0.25, -0.2) is 0 Å². The normalized spacial score (nSPS) is 21.7. The van der Waals surface area contributed by atoms with Gasteiger partial charge in [-0.15, -0.1) is 0 Å². The molecule has 2 rings (SSSR count). The van der Waals surface area contributed by atoms with Crippen LogP contribution in [0.2, 0.25) is 0 Å². The SMILES string of the molecule is CNC1CCN(C(C)c2ccc[nH]2)CC1. The highest BCUT2D eigenvalue weighted by Crippen LogP contribution is 2.22. The van der Waals surface area contributed by atoms with E-state index in [0.29, 0.717) is 6.04 Å². The van der Waals surface area contributed by atoms with E-state index in [-0.39, 0.29) is 0 Å². The Morgan fingerprint density at radius 1 is 1.47 bits per heavy atom. The lowest BCUT2D eigenvalue weighted by atomic mass is 10.0. The Hall–Kier alpha value is -0.800. The molecule has 1 aromatic heterocycles. The van der Waals surface area contributed by atoms with Crippen molar-refractivity contribution in [2.45, 2.75) is 31.8 Å². The van der Waals surface area contributed by atoms with Crippen molar-refractivity contribution < 1.29 is 0 Å². The van der Waals surface area contributed by atoms with Gasteiger partial charge in [-0.3, -0.25) is 4.90 Å². The Labute approximate surface area is 91.9 Å². The number of hydrogen-bond acceptors (Lipinski definition) is 2. The van der Waals surface area contributed by atoms with Gasteiger partial charge in [0.25, 0.3) is 0 Å². The molecule has 0 aromatic carbocycles. The van der Waals surface area contributed by atoms with E-state index in [9.17, 15) is 0 Å². The summed E-state index contributed by atoms with van der Waals surface area (Å²) in [4.78, 5) is 5.86. The molecule has 1 atom stereocenters. The Kier molecular flexibility index (Phi) is 3.44. The second kappa shape index (κ2) is 4.81. The van der Waals surface area contributed by atoms with Gasteiger partial charge in [-0.2, -0.15) is 0 Å². The summed E-state index contributed by atoms with van der Waals surface area (Å²) < 4.78 is 0. The van der Waals surface area contributed by atoms with Gasteiger partial charge in [0.15, 0.2) is 0 Å². The minimum absolute atomic E-state index is 0.526. The highest BCUT2D eigenvalue weighted by molar-refractivity contribution is 5.08. The van der Waals surface area contributed by atoms with Crippen molar-refractivity contribution in [3.05, 3.63) is 24.0 Å². The lowest BCUT2D eigenvalue weighted by Crippen LogP contribution is -2.42. The molecule has 0 amide bonds. The topological polar surface area (TPSA) is 31.1 Å². The number of rotatable bonds is 3. The summed E-state index contributed by atoms with van der Waals surface area (Å²) in [5.74, 6) is 0. The first-order valence-corrected chi connectivity index (χ1v) is 5.86. The molecule has 0 radical (unpaired) electrons. The second-order valence-corrected chi connectivity index (χ2v) is 4.40. The fraction of sp³-hybridized carbons (Fsp3) is 0.667. The molecule has 3 nitrogen and oxygen atoms in total. The third kappa shape index (κ3) is 2.41. The first-order chi connectivity index (χ1) is 7.31. The van der Waals surface area contributed by atoms with Crippen molar-refractivity contribution in [2.24, 2.45) is 0 Å². The summed E-state index contributed by atoms with van der Waals surface area (Å²) in [6.07, 6.45) is 4.54. The minimum atomic E-state index is 0.526. The van der Waals surface area contributed by atoms with Crippen molar-refractivity contribution >= 4 is 0 Å². The molecule has 1 fully saturated rings. The van der Waals surface area contributed by atoms with Crippen LogP contribution in [0.1, 0.15) is 31.5 Å². The van der Waals surface area contributed by atoms with Gasteiger partial charge in [0.1, 0.15) is 0 Å². The second-order valence-electron chi connectivity index (χ2n) is 4.40. The maximum absolute atomic E-state index is 3.36. The molecule has 0 saturated carbocycles. The van der Waals surface area contributed by atoms with Crippen LogP contribution in [0.3, 0.4) is 0 Å². The van der Waals surface area contributed by atoms with Gasteiger partial charge in [0.05, 0.1) is 0 Å². The molecule has 3 heteroatoms. The van der Waals surface area contributed by atoms with Crippen LogP contribution >= 0.6 is 0 Å². The Bertz CT molecular complexity index is 273. The molecule has 1 aliphatic rings. The third-order valence-electron chi connectivity index (χ3n) is 3.56. The van der Waals surface area contributed by atoms with E-state index in [0.717, 1.165) is 6.04 Å². The van der Waals surface area contributed by atoms with Crippen LogP contribution < -0.4 is 5.32 Å². The number of piperidine rings is 1. The van der Waals surface area contributed by atoms with E-state index in [1.54, 1.807) is 0 Å². The summed E-state index contributed by atoms with van der Waals surface area (Å²) in [6.45, 7) is 4.68. The number of nitrogens with one attached hydrogen (secondary N) is 2. The summed E-state index contributed by atoms with van der Waals surface area (Å²) in [6, 6.07) is 5.50. The molecule has 2 N–H and O–H groups in total. The lowest BCUT2D eigenvalue weighted by Gasteiger charge is -2.35. The van der Waals surface area contributed by atoms with Crippen LogP contribution in [0.4, 0.5) is 0 Å². The van der Waals surface area contributed by atoms with Crippen molar-refractivity contribution in [3.8, 4) is 0 Å². The predicted molar refractivity (Wildman–Crippen MR) is 62.9 cm³/mol. The van der Waals surface area contributed by atoms with E-state index in [1.165, 1.54) is 31.6 Å². The first-order valence-electron chi connectivity index (χ1n) is 5.86. The molecule has 1 aromatic rings. The molecular weight excluding hydrogens is 186 g/mol. The molecule has 1 saturated heterocycles. The maximum atomic E-state index is 3.36. The minimum Gasteiger partial charge on any atom is -0.364 e. The van der Waals surface area contributed by atoms with Crippen molar-refractivity contribution in [3.63, 3.8) is 0 Å². The highest BCUT2D eigenvalue weighted by atomic mass is 15.2. The largest absolute Gasteiger partial charge is 0.364 e. The summed E-state index contributed by atoms with van der Waals surface area (Å²) in [5.41, 5.74) is 1.33. The first kappa shape index (κ1) is 10.7. The number of aromatic nitrogens is 1. The van der Waals surface area contributed by atoms with Gasteiger partial charge < -0.3 is 10.3 Å². The zero-order valence-electron chi connectivity index (χ0n) is 9.66. The monoisotopic (exact) mass is 207 g/mol. The lowest BCUT2D eigenvalue weighted by molar-refractivity contribution is 0.153. The molecular formula is C12H21N3. The van der Waals surface area contributed by atoms with Crippen molar-refractivity contribution in [1.29, 1.82) is 0 Å². The van der Waals surface area contributed by atoms with Gasteiger partial charge in [-0.05, 0) is 38.9 Å². The van der Waals surface area contributed by atoms with Crippen LogP contribution in [0.25, 0.3) is 0 Å². The molecule has 2 heterocycles. The Morgan fingerprint density at radius 3 is 2.73 bits per heavy atom. The fourth-order valence-electron chi connectivity index (χ4n) is 2.38. The average molecular weight is 207 g/mol. The highest BCUT2D eigenvalue weighted by Gasteiger charge is 2.22. The molecule has 0 aliphatic carbocycles. The Morgan fingerprint density at radius 2 is 2.20 bits per heavy atom. The van der Waals surface area contributed by atoms with E-state index in [2.05, 4.69) is 41.3 Å². The quantitative estimate of drug-likeness (QED) is 0.791. The van der Waals surface area contributed by atoms with Crippen LogP contribution in [0.5, 0.6) is 0 Å². The van der Waals surface area contributed by atoms with E-state index in [1.807, 2.05) is 6.20 Å². The summed E-state index contributed by atoms with van der Waals surface area (Å²) in [7, 11) is 2.06. The molecule has 0 spiro atoms. The maximum Gasteiger partial charge on any atom is 0.0470 e. The smallest absolute Gasteiger partial charge is 0.0470 e. The van der Waals surface area contributed by atoms with Gasteiger partial charge in [0, 0.05) is 37.1 Å². The molecule has 15 heavy (non-hydrogen) atoms. The predicted octanol–water partition coefficient (Wildman–Crippen LogP) is 1.76. The van der Waals surface area contributed by atoms with Gasteiger partial charge in [-0.1, -0.05) is 0 Å². The number of likely N-dealkylation sites (tertiary alicyclic amines) is 1. The average Bonchev–Trinajstić information content (AvgIpc) is 2.82. The molecule has 1 aliphatic heterocycles. The molecule has 84 valence electrons. The summed E-state index contributed by atoms with van der Waals surface area (Å²) >= 11 is 0. The third-order valence-corrected chi connectivity index (χ3v) is 3.56. The number of H-pyrrole nitrogens is 1. The molecule has 1 unspecified atom stereocenters. The van der Waals surface area contributed by atoms with Crippen molar-refractivity contribution in [2.75, 3.05) is 20.1 Å². The number of aromatic amines is 1. The summed E-state index contributed by atoms with van der Waals surface area (Å²) in [5, 5.41) is 3.36. The zero-order chi connectivity index (χ0) is 10.7. The zero-order valence-corrected chi connectivity index (χ0v) is 9.66. The van der Waals surface area contributed by atoms with Crippen LogP contribution in [0.15, 0.2) is 18.3 Å². The van der Waals surface area contributed by atoms with E-state index < -0.39 is 0 Å². The van der Waals surface area contributed by atoms with Crippen LogP contribution in [-0.4, -0.2) is 36.1 Å². The van der Waals surface area contributed by atoms with E-state index in [4.69, 9.17) is 0 Å². The molecule has 0 bridgehead atoms. The number of hydrogen-bond donors (Lipinski definition) is 2. The fourth-order valence-corrected chi connectivity index (χ4v) is 2.38. The van der Waals surface area contributed by atoms with Gasteiger partial charge >= 0.3 is 0 Å². The number of nitrogens with zero attached hydrogens (tertiary/aromatic N) is 1. The van der Waals surface area contributed by atoms with Crippen LogP contribution in [0, 0.1) is 0 Å². The Balaban J connectivity index is 1.90.